The molecule has 0 saturated heterocycles. The van der Waals surface area contributed by atoms with Gasteiger partial charge in [-0.1, -0.05) is 29.8 Å². The molecule has 2 aromatic rings. The Balaban J connectivity index is 2.17. The minimum atomic E-state index is -0.120. The van der Waals surface area contributed by atoms with Crippen LogP contribution in [0.4, 0.5) is 0 Å². The number of halogens is 2. The predicted molar refractivity (Wildman–Crippen MR) is 93.1 cm³/mol. The third kappa shape index (κ3) is 3.68. The molecule has 0 radical (unpaired) electrons. The van der Waals surface area contributed by atoms with Crippen LogP contribution in [0.1, 0.15) is 21.5 Å². The minimum absolute atomic E-state index is 0.120. The summed E-state index contributed by atoms with van der Waals surface area (Å²) < 4.78 is 6.23. The van der Waals surface area contributed by atoms with Gasteiger partial charge in [0.2, 0.25) is 0 Å². The Morgan fingerprint density at radius 1 is 1.29 bits per heavy atom. The number of benzene rings is 2. The van der Waals surface area contributed by atoms with Gasteiger partial charge in [-0.25, -0.2) is 0 Å². The molecule has 0 saturated carbocycles. The maximum absolute atomic E-state index is 12.3. The third-order valence-corrected chi connectivity index (χ3v) is 4.94. The van der Waals surface area contributed by atoms with Gasteiger partial charge in [0, 0.05) is 20.7 Å². The Kier molecular flexibility index (Phi) is 5.47. The molecule has 0 aromatic heterocycles. The minimum Gasteiger partial charge on any atom is -0.496 e. The van der Waals surface area contributed by atoms with Gasteiger partial charge in [-0.2, -0.15) is 0 Å². The Labute approximate surface area is 142 Å². The SMILES string of the molecule is COc1cccc(Cl)c1CNC(=O)c1cccc(C)c1I. The van der Waals surface area contributed by atoms with Gasteiger partial charge in [-0.05, 0) is 53.3 Å². The predicted octanol–water partition coefficient (Wildman–Crippen LogP) is 4.19. The van der Waals surface area contributed by atoms with Gasteiger partial charge in [0.15, 0.2) is 0 Å². The Hall–Kier alpha value is -1.27. The Morgan fingerprint density at radius 3 is 2.71 bits per heavy atom. The zero-order valence-electron chi connectivity index (χ0n) is 11.7. The molecule has 5 heteroatoms. The third-order valence-electron chi connectivity index (χ3n) is 3.16. The summed E-state index contributed by atoms with van der Waals surface area (Å²) in [5.41, 5.74) is 2.53. The zero-order valence-corrected chi connectivity index (χ0v) is 14.7. The molecular weight excluding hydrogens is 401 g/mol. The van der Waals surface area contributed by atoms with Crippen LogP contribution >= 0.6 is 34.2 Å². The molecule has 1 N–H and O–H groups in total. The number of hydrogen-bond acceptors (Lipinski definition) is 2. The second-order valence-corrected chi connectivity index (χ2v) is 6.03. The summed E-state index contributed by atoms with van der Waals surface area (Å²) in [6.07, 6.45) is 0. The first kappa shape index (κ1) is 16.1. The molecule has 0 unspecified atom stereocenters. The normalized spacial score (nSPS) is 10.3. The van der Waals surface area contributed by atoms with Gasteiger partial charge < -0.3 is 10.1 Å². The van der Waals surface area contributed by atoms with E-state index in [0.29, 0.717) is 22.9 Å². The fourth-order valence-corrected chi connectivity index (χ4v) is 2.83. The highest BCUT2D eigenvalue weighted by molar-refractivity contribution is 14.1. The molecule has 2 rings (SSSR count). The first-order valence-electron chi connectivity index (χ1n) is 6.39. The number of carbonyl (C=O) groups is 1. The van der Waals surface area contributed by atoms with Crippen molar-refractivity contribution in [3.05, 3.63) is 61.7 Å². The second-order valence-electron chi connectivity index (χ2n) is 4.54. The molecule has 1 amide bonds. The summed E-state index contributed by atoms with van der Waals surface area (Å²) in [4.78, 5) is 12.3. The number of hydrogen-bond donors (Lipinski definition) is 1. The van der Waals surface area contributed by atoms with Crippen LogP contribution in [0.3, 0.4) is 0 Å². The first-order chi connectivity index (χ1) is 10.0. The molecule has 21 heavy (non-hydrogen) atoms. The van der Waals surface area contributed by atoms with E-state index >= 15 is 0 Å². The summed E-state index contributed by atoms with van der Waals surface area (Å²) >= 11 is 8.35. The van der Waals surface area contributed by atoms with Crippen molar-refractivity contribution in [3.63, 3.8) is 0 Å². The van der Waals surface area contributed by atoms with Gasteiger partial charge in [0.25, 0.3) is 5.91 Å². The maximum Gasteiger partial charge on any atom is 0.252 e. The molecule has 3 nitrogen and oxygen atoms in total. The van der Waals surface area contributed by atoms with Crippen molar-refractivity contribution in [2.75, 3.05) is 7.11 Å². The zero-order chi connectivity index (χ0) is 15.4. The molecule has 0 aliphatic rings. The first-order valence-corrected chi connectivity index (χ1v) is 7.85. The lowest BCUT2D eigenvalue weighted by Crippen LogP contribution is -2.24. The Morgan fingerprint density at radius 2 is 2.00 bits per heavy atom. The quantitative estimate of drug-likeness (QED) is 0.761. The van der Waals surface area contributed by atoms with Crippen LogP contribution < -0.4 is 10.1 Å². The number of rotatable bonds is 4. The van der Waals surface area contributed by atoms with E-state index in [1.165, 1.54) is 0 Å². The van der Waals surface area contributed by atoms with Gasteiger partial charge in [-0.15, -0.1) is 0 Å². The smallest absolute Gasteiger partial charge is 0.252 e. The highest BCUT2D eigenvalue weighted by Crippen LogP contribution is 2.26. The van der Waals surface area contributed by atoms with Crippen LogP contribution in [-0.2, 0) is 6.54 Å². The van der Waals surface area contributed by atoms with E-state index in [1.807, 2.05) is 37.3 Å². The summed E-state index contributed by atoms with van der Waals surface area (Å²) in [6.45, 7) is 2.31. The summed E-state index contributed by atoms with van der Waals surface area (Å²) in [6, 6.07) is 11.1. The van der Waals surface area contributed by atoms with Crippen LogP contribution in [-0.4, -0.2) is 13.0 Å². The van der Waals surface area contributed by atoms with Crippen LogP contribution in [0.25, 0.3) is 0 Å². The van der Waals surface area contributed by atoms with Gasteiger partial charge in [0.1, 0.15) is 5.75 Å². The molecule has 0 bridgehead atoms. The fraction of sp³-hybridized carbons (Fsp3) is 0.188. The van der Waals surface area contributed by atoms with Crippen LogP contribution in [0, 0.1) is 10.5 Å². The Bertz CT molecular complexity index is 673. The topological polar surface area (TPSA) is 38.3 Å². The van der Waals surface area contributed by atoms with Crippen molar-refractivity contribution < 1.29 is 9.53 Å². The highest BCUT2D eigenvalue weighted by atomic mass is 127. The summed E-state index contributed by atoms with van der Waals surface area (Å²) in [7, 11) is 1.58. The molecule has 110 valence electrons. The molecule has 0 atom stereocenters. The molecule has 0 fully saturated rings. The van der Waals surface area contributed by atoms with Crippen molar-refractivity contribution in [2.24, 2.45) is 0 Å². The van der Waals surface area contributed by atoms with E-state index < -0.39 is 0 Å². The van der Waals surface area contributed by atoms with Crippen molar-refractivity contribution in [3.8, 4) is 5.75 Å². The molecular formula is C16H15ClINO2. The average molecular weight is 416 g/mol. The molecule has 0 aliphatic heterocycles. The number of ether oxygens (including phenoxy) is 1. The summed E-state index contributed by atoms with van der Waals surface area (Å²) in [5.74, 6) is 0.548. The lowest BCUT2D eigenvalue weighted by atomic mass is 10.1. The van der Waals surface area contributed by atoms with Crippen molar-refractivity contribution in [1.82, 2.24) is 5.32 Å². The van der Waals surface area contributed by atoms with E-state index in [-0.39, 0.29) is 5.91 Å². The van der Waals surface area contributed by atoms with Crippen LogP contribution in [0.5, 0.6) is 5.75 Å². The lowest BCUT2D eigenvalue weighted by molar-refractivity contribution is 0.0949. The van der Waals surface area contributed by atoms with E-state index in [2.05, 4.69) is 27.9 Å². The van der Waals surface area contributed by atoms with Crippen molar-refractivity contribution in [2.45, 2.75) is 13.5 Å². The maximum atomic E-state index is 12.3. The van der Waals surface area contributed by atoms with Gasteiger partial charge >= 0.3 is 0 Å². The molecule has 2 aromatic carbocycles. The standard InChI is InChI=1S/C16H15ClINO2/c1-10-5-3-6-11(15(10)18)16(20)19-9-12-13(17)7-4-8-14(12)21-2/h3-8H,9H2,1-2H3,(H,19,20). The summed E-state index contributed by atoms with van der Waals surface area (Å²) in [5, 5.41) is 3.47. The van der Waals surface area contributed by atoms with Crippen molar-refractivity contribution >= 4 is 40.1 Å². The number of nitrogens with one attached hydrogen (secondary N) is 1. The largest absolute Gasteiger partial charge is 0.496 e. The van der Waals surface area contributed by atoms with Gasteiger partial charge in [-0.3, -0.25) is 4.79 Å². The van der Waals surface area contributed by atoms with E-state index in [0.717, 1.165) is 14.7 Å². The van der Waals surface area contributed by atoms with Crippen LogP contribution in [0.2, 0.25) is 5.02 Å². The second kappa shape index (κ2) is 7.13. The van der Waals surface area contributed by atoms with Crippen LogP contribution in [0.15, 0.2) is 36.4 Å². The molecule has 0 aliphatic carbocycles. The van der Waals surface area contributed by atoms with E-state index in [1.54, 1.807) is 13.2 Å². The average Bonchev–Trinajstić information content (AvgIpc) is 2.48. The van der Waals surface area contributed by atoms with Crippen molar-refractivity contribution in [1.29, 1.82) is 0 Å². The number of amides is 1. The highest BCUT2D eigenvalue weighted by Gasteiger charge is 2.13. The van der Waals surface area contributed by atoms with E-state index in [9.17, 15) is 4.79 Å². The van der Waals surface area contributed by atoms with Gasteiger partial charge in [0.05, 0.1) is 12.7 Å². The fourth-order valence-electron chi connectivity index (χ4n) is 1.99. The molecule has 0 heterocycles. The molecule has 0 spiro atoms. The monoisotopic (exact) mass is 415 g/mol. The van der Waals surface area contributed by atoms with E-state index in [4.69, 9.17) is 16.3 Å². The lowest BCUT2D eigenvalue weighted by Gasteiger charge is -2.12. The number of aryl methyl sites for hydroxylation is 1. The number of methoxy groups -OCH3 is 1. The number of carbonyl (C=O) groups excluding carboxylic acids is 1.